The molecule has 1 aromatic rings. The van der Waals surface area contributed by atoms with Crippen LogP contribution in [0.2, 0.25) is 0 Å². The smallest absolute Gasteiger partial charge is 0.317 e. The maximum Gasteiger partial charge on any atom is 0.317 e. The molecule has 0 bridgehead atoms. The Morgan fingerprint density at radius 1 is 1.08 bits per heavy atom. The molecule has 2 aliphatic rings. The highest BCUT2D eigenvalue weighted by atomic mass is 16.6. The summed E-state index contributed by atoms with van der Waals surface area (Å²) >= 11 is 0. The number of carbonyl (C=O) groups excluding carboxylic acids is 1. The highest BCUT2D eigenvalue weighted by molar-refractivity contribution is 5.83. The quantitative estimate of drug-likeness (QED) is 0.862. The van der Waals surface area contributed by atoms with Gasteiger partial charge in [-0.3, -0.25) is 4.79 Å². The molecule has 0 spiro atoms. The maximum atomic E-state index is 13.3. The first kappa shape index (κ1) is 17.5. The van der Waals surface area contributed by atoms with Gasteiger partial charge in [0.2, 0.25) is 0 Å². The topological polar surface area (TPSA) is 42.9 Å². The van der Waals surface area contributed by atoms with Gasteiger partial charge >= 0.3 is 5.97 Å². The molecule has 3 nitrogen and oxygen atoms in total. The zero-order chi connectivity index (χ0) is 17.0. The van der Waals surface area contributed by atoms with Gasteiger partial charge in [-0.15, -0.1) is 0 Å². The number of nitrogens with two attached hydrogens (primary N) is 1. The minimum Gasteiger partial charge on any atom is -0.459 e. The molecule has 0 radical (unpaired) electrons. The van der Waals surface area contributed by atoms with E-state index in [4.69, 9.17) is 4.74 Å². The van der Waals surface area contributed by atoms with E-state index in [9.17, 15) is 4.79 Å². The summed E-state index contributed by atoms with van der Waals surface area (Å²) in [5.74, 6) is 0.482. The Morgan fingerprint density at radius 2 is 1.71 bits per heavy atom. The fourth-order valence-electron chi connectivity index (χ4n) is 4.57. The van der Waals surface area contributed by atoms with Crippen LogP contribution in [-0.2, 0) is 14.9 Å². The van der Waals surface area contributed by atoms with Gasteiger partial charge in [0, 0.05) is 18.8 Å². The number of benzene rings is 1. The molecular weight excluding hydrogens is 298 g/mol. The SMILES string of the molecule is CC(C)(OC(=O)C1(c2ccccc2)CCCCC1)C1CC[NH2+]CC1. The molecule has 1 aliphatic heterocycles. The summed E-state index contributed by atoms with van der Waals surface area (Å²) < 4.78 is 6.22. The van der Waals surface area contributed by atoms with Crippen molar-refractivity contribution in [2.75, 3.05) is 13.1 Å². The summed E-state index contributed by atoms with van der Waals surface area (Å²) in [6.07, 6.45) is 7.57. The van der Waals surface area contributed by atoms with E-state index in [0.29, 0.717) is 5.92 Å². The van der Waals surface area contributed by atoms with Crippen molar-refractivity contribution < 1.29 is 14.8 Å². The molecule has 0 aromatic heterocycles. The first-order valence-corrected chi connectivity index (χ1v) is 9.65. The van der Waals surface area contributed by atoms with Crippen molar-refractivity contribution in [1.82, 2.24) is 0 Å². The van der Waals surface area contributed by atoms with Crippen molar-refractivity contribution in [3.8, 4) is 0 Å². The molecule has 1 heterocycles. The second-order valence-electron chi connectivity index (χ2n) is 8.14. The summed E-state index contributed by atoms with van der Waals surface area (Å²) in [4.78, 5) is 13.3. The van der Waals surface area contributed by atoms with Gasteiger partial charge in [-0.2, -0.15) is 0 Å². The van der Waals surface area contributed by atoms with Crippen LogP contribution in [0.1, 0.15) is 64.4 Å². The summed E-state index contributed by atoms with van der Waals surface area (Å²) in [6.45, 7) is 6.52. The Morgan fingerprint density at radius 3 is 2.33 bits per heavy atom. The van der Waals surface area contributed by atoms with E-state index in [-0.39, 0.29) is 11.6 Å². The van der Waals surface area contributed by atoms with Crippen LogP contribution in [0.3, 0.4) is 0 Å². The molecular formula is C21H32NO2+. The molecule has 2 N–H and O–H groups in total. The van der Waals surface area contributed by atoms with Crippen molar-refractivity contribution in [2.45, 2.75) is 69.8 Å². The first-order valence-electron chi connectivity index (χ1n) is 9.65. The Hall–Kier alpha value is -1.35. The number of hydrogen-bond donors (Lipinski definition) is 1. The number of rotatable bonds is 4. The first-order chi connectivity index (χ1) is 11.5. The minimum absolute atomic E-state index is 0.00736. The Kier molecular flexibility index (Phi) is 5.29. The summed E-state index contributed by atoms with van der Waals surface area (Å²) in [6, 6.07) is 10.3. The summed E-state index contributed by atoms with van der Waals surface area (Å²) in [7, 11) is 0. The highest BCUT2D eigenvalue weighted by Gasteiger charge is 2.46. The van der Waals surface area contributed by atoms with Crippen molar-refractivity contribution in [1.29, 1.82) is 0 Å². The molecule has 2 fully saturated rings. The highest BCUT2D eigenvalue weighted by Crippen LogP contribution is 2.42. The number of carbonyl (C=O) groups is 1. The minimum atomic E-state index is -0.433. The average Bonchev–Trinajstić information content (AvgIpc) is 2.63. The van der Waals surface area contributed by atoms with Gasteiger partial charge in [-0.1, -0.05) is 49.6 Å². The van der Waals surface area contributed by atoms with Gasteiger partial charge in [0.25, 0.3) is 0 Å². The van der Waals surface area contributed by atoms with Gasteiger partial charge in [-0.25, -0.2) is 0 Å². The van der Waals surface area contributed by atoms with Crippen LogP contribution in [0.15, 0.2) is 30.3 Å². The Labute approximate surface area is 146 Å². The van der Waals surface area contributed by atoms with Crippen molar-refractivity contribution >= 4 is 5.97 Å². The van der Waals surface area contributed by atoms with E-state index >= 15 is 0 Å². The fraction of sp³-hybridized carbons (Fsp3) is 0.667. The van der Waals surface area contributed by atoms with Crippen LogP contribution in [0.4, 0.5) is 0 Å². The number of esters is 1. The molecule has 1 saturated carbocycles. The zero-order valence-electron chi connectivity index (χ0n) is 15.2. The fourth-order valence-corrected chi connectivity index (χ4v) is 4.57. The van der Waals surface area contributed by atoms with E-state index in [1.807, 2.05) is 18.2 Å². The number of ether oxygens (including phenoxy) is 1. The van der Waals surface area contributed by atoms with Gasteiger partial charge < -0.3 is 10.1 Å². The number of piperidine rings is 1. The molecule has 3 rings (SSSR count). The van der Waals surface area contributed by atoms with Crippen molar-refractivity contribution in [3.63, 3.8) is 0 Å². The van der Waals surface area contributed by atoms with E-state index < -0.39 is 5.41 Å². The van der Waals surface area contributed by atoms with Crippen LogP contribution >= 0.6 is 0 Å². The Balaban J connectivity index is 1.81. The van der Waals surface area contributed by atoms with Gasteiger partial charge in [0.05, 0.1) is 18.5 Å². The predicted octanol–water partition coefficient (Wildman–Crippen LogP) is 3.18. The van der Waals surface area contributed by atoms with E-state index in [2.05, 4.69) is 31.3 Å². The van der Waals surface area contributed by atoms with Crippen LogP contribution in [0.5, 0.6) is 0 Å². The van der Waals surface area contributed by atoms with E-state index in [1.54, 1.807) is 0 Å². The van der Waals surface area contributed by atoms with E-state index in [0.717, 1.165) is 57.2 Å². The van der Waals surface area contributed by atoms with Gasteiger partial charge in [-0.05, 0) is 32.3 Å². The van der Waals surface area contributed by atoms with Crippen LogP contribution in [0, 0.1) is 5.92 Å². The van der Waals surface area contributed by atoms with E-state index in [1.165, 1.54) is 6.42 Å². The lowest BCUT2D eigenvalue weighted by atomic mass is 9.69. The number of hydrogen-bond acceptors (Lipinski definition) is 2. The normalized spacial score (nSPS) is 22.1. The van der Waals surface area contributed by atoms with Crippen molar-refractivity contribution in [3.05, 3.63) is 35.9 Å². The maximum absolute atomic E-state index is 13.3. The summed E-state index contributed by atoms with van der Waals surface area (Å²) in [5, 5.41) is 2.36. The van der Waals surface area contributed by atoms with Crippen LogP contribution in [-0.4, -0.2) is 24.7 Å². The molecule has 132 valence electrons. The second kappa shape index (κ2) is 7.26. The molecule has 24 heavy (non-hydrogen) atoms. The monoisotopic (exact) mass is 330 g/mol. The molecule has 1 saturated heterocycles. The van der Waals surface area contributed by atoms with Gasteiger partial charge in [0.1, 0.15) is 5.60 Å². The average molecular weight is 330 g/mol. The lowest BCUT2D eigenvalue weighted by Crippen LogP contribution is -2.86. The van der Waals surface area contributed by atoms with Crippen molar-refractivity contribution in [2.24, 2.45) is 5.92 Å². The van der Waals surface area contributed by atoms with Crippen LogP contribution in [0.25, 0.3) is 0 Å². The third-order valence-corrected chi connectivity index (χ3v) is 6.20. The largest absolute Gasteiger partial charge is 0.459 e. The zero-order valence-corrected chi connectivity index (χ0v) is 15.2. The predicted molar refractivity (Wildman–Crippen MR) is 95.8 cm³/mol. The third kappa shape index (κ3) is 3.51. The molecule has 0 unspecified atom stereocenters. The van der Waals surface area contributed by atoms with Crippen LogP contribution < -0.4 is 5.32 Å². The molecule has 3 heteroatoms. The molecule has 0 atom stereocenters. The third-order valence-electron chi connectivity index (χ3n) is 6.20. The molecule has 0 amide bonds. The second-order valence-corrected chi connectivity index (χ2v) is 8.14. The lowest BCUT2D eigenvalue weighted by molar-refractivity contribution is -0.665. The summed E-state index contributed by atoms with van der Waals surface area (Å²) in [5.41, 5.74) is 0.338. The molecule has 1 aromatic carbocycles. The van der Waals surface area contributed by atoms with Gasteiger partial charge in [0.15, 0.2) is 0 Å². The lowest BCUT2D eigenvalue weighted by Gasteiger charge is -2.41. The molecule has 1 aliphatic carbocycles. The Bertz CT molecular complexity index is 540. The standard InChI is InChI=1S/C21H31NO2/c1-20(2,17-11-15-22-16-12-17)24-19(23)21(13-7-4-8-14-21)18-9-5-3-6-10-18/h3,5-6,9-10,17,22H,4,7-8,11-16H2,1-2H3/p+1. The number of quaternary nitrogens is 1.